The van der Waals surface area contributed by atoms with Crippen LogP contribution in [0.25, 0.3) is 0 Å². The number of aliphatic hydroxyl groups is 2. The van der Waals surface area contributed by atoms with Gasteiger partial charge < -0.3 is 10.2 Å². The number of hydrogen-bond acceptors (Lipinski definition) is 2. The number of unbranched alkanes of at least 4 members (excludes halogenated alkanes) is 4. The lowest BCUT2D eigenvalue weighted by atomic mass is 9.72. The van der Waals surface area contributed by atoms with Crippen LogP contribution >= 0.6 is 0 Å². The molecule has 0 fully saturated rings. The van der Waals surface area contributed by atoms with Crippen molar-refractivity contribution in [3.05, 3.63) is 0 Å². The van der Waals surface area contributed by atoms with E-state index < -0.39 is 0 Å². The van der Waals surface area contributed by atoms with Gasteiger partial charge in [-0.05, 0) is 37.5 Å². The van der Waals surface area contributed by atoms with E-state index in [2.05, 4.69) is 13.8 Å². The van der Waals surface area contributed by atoms with Crippen LogP contribution in [0.2, 0.25) is 0 Å². The fraction of sp³-hybridized carbons (Fsp3) is 1.00. The average molecular weight is 258 g/mol. The van der Waals surface area contributed by atoms with Gasteiger partial charge in [0.1, 0.15) is 0 Å². The summed E-state index contributed by atoms with van der Waals surface area (Å²) in [6.07, 6.45) is 13.0. The predicted octanol–water partition coefficient (Wildman–Crippen LogP) is 4.29. The quantitative estimate of drug-likeness (QED) is 0.484. The molecule has 0 heterocycles. The number of rotatable bonds is 13. The van der Waals surface area contributed by atoms with Crippen LogP contribution in [0, 0.1) is 5.41 Å². The molecule has 0 aliphatic rings. The second kappa shape index (κ2) is 12.0. The molecule has 110 valence electrons. The van der Waals surface area contributed by atoms with E-state index >= 15 is 0 Å². The van der Waals surface area contributed by atoms with Crippen molar-refractivity contribution >= 4 is 0 Å². The molecule has 0 saturated carbocycles. The first kappa shape index (κ1) is 17.9. The molecule has 0 aromatic carbocycles. The van der Waals surface area contributed by atoms with E-state index in [1.54, 1.807) is 0 Å². The van der Waals surface area contributed by atoms with Gasteiger partial charge in [-0.2, -0.15) is 0 Å². The summed E-state index contributed by atoms with van der Waals surface area (Å²) >= 11 is 0. The maximum Gasteiger partial charge on any atom is 0.0436 e. The normalized spacial score (nSPS) is 12.0. The van der Waals surface area contributed by atoms with Crippen LogP contribution in [0.3, 0.4) is 0 Å². The molecule has 0 radical (unpaired) electrons. The molecule has 0 unspecified atom stereocenters. The summed E-state index contributed by atoms with van der Waals surface area (Å²) in [6.45, 7) is 5.13. The molecule has 0 atom stereocenters. The minimum Gasteiger partial charge on any atom is -0.396 e. The third kappa shape index (κ3) is 8.10. The summed E-state index contributed by atoms with van der Waals surface area (Å²) in [5.41, 5.74) is 0.371. The maximum atomic E-state index is 9.36. The van der Waals surface area contributed by atoms with Crippen LogP contribution in [-0.2, 0) is 0 Å². The van der Waals surface area contributed by atoms with Crippen LogP contribution in [0.1, 0.15) is 84.5 Å². The van der Waals surface area contributed by atoms with E-state index in [4.69, 9.17) is 5.11 Å². The monoisotopic (exact) mass is 258 g/mol. The van der Waals surface area contributed by atoms with Gasteiger partial charge in [0.15, 0.2) is 0 Å². The van der Waals surface area contributed by atoms with E-state index in [9.17, 15) is 5.11 Å². The van der Waals surface area contributed by atoms with Crippen LogP contribution in [-0.4, -0.2) is 23.4 Å². The Kier molecular flexibility index (Phi) is 11.9. The van der Waals surface area contributed by atoms with Crippen molar-refractivity contribution < 1.29 is 10.2 Å². The van der Waals surface area contributed by atoms with Gasteiger partial charge in [0.05, 0.1) is 0 Å². The van der Waals surface area contributed by atoms with Gasteiger partial charge >= 0.3 is 0 Å². The zero-order valence-corrected chi connectivity index (χ0v) is 12.6. The Bertz CT molecular complexity index is 160. The molecule has 2 N–H and O–H groups in total. The maximum absolute atomic E-state index is 9.36. The zero-order valence-electron chi connectivity index (χ0n) is 12.6. The Morgan fingerprint density at radius 2 is 1.17 bits per heavy atom. The van der Waals surface area contributed by atoms with Crippen molar-refractivity contribution in [3.8, 4) is 0 Å². The molecule has 0 spiro atoms. The lowest BCUT2D eigenvalue weighted by Crippen LogP contribution is -2.23. The first-order valence-electron chi connectivity index (χ1n) is 7.96. The van der Waals surface area contributed by atoms with E-state index in [1.807, 2.05) is 0 Å². The van der Waals surface area contributed by atoms with Crippen molar-refractivity contribution in [1.82, 2.24) is 0 Å². The highest BCUT2D eigenvalue weighted by Crippen LogP contribution is 2.39. The smallest absolute Gasteiger partial charge is 0.0436 e. The second-order valence-corrected chi connectivity index (χ2v) is 5.71. The molecule has 0 aliphatic carbocycles. The summed E-state index contributed by atoms with van der Waals surface area (Å²) in [5, 5.41) is 18.2. The zero-order chi connectivity index (χ0) is 13.7. The van der Waals surface area contributed by atoms with Gasteiger partial charge in [0.2, 0.25) is 0 Å². The van der Waals surface area contributed by atoms with Crippen molar-refractivity contribution in [2.75, 3.05) is 13.2 Å². The van der Waals surface area contributed by atoms with Crippen molar-refractivity contribution in [3.63, 3.8) is 0 Å². The summed E-state index contributed by atoms with van der Waals surface area (Å²) in [6, 6.07) is 0. The largest absolute Gasteiger partial charge is 0.396 e. The molecule has 0 rings (SSSR count). The number of hydrogen-bond donors (Lipinski definition) is 2. The Balaban J connectivity index is 4.29. The lowest BCUT2D eigenvalue weighted by molar-refractivity contribution is 0.133. The first-order valence-corrected chi connectivity index (χ1v) is 7.96. The average Bonchev–Trinajstić information content (AvgIpc) is 2.39. The molecule has 0 bridgehead atoms. The SMILES string of the molecule is CCCCC(CCO)(CCCC)CCCCCO. The molecule has 0 aromatic heterocycles. The van der Waals surface area contributed by atoms with Gasteiger partial charge in [-0.25, -0.2) is 0 Å². The van der Waals surface area contributed by atoms with Crippen LogP contribution in [0.4, 0.5) is 0 Å². The molecule has 0 aromatic rings. The second-order valence-electron chi connectivity index (χ2n) is 5.71. The van der Waals surface area contributed by atoms with Crippen LogP contribution < -0.4 is 0 Å². The molecule has 2 nitrogen and oxygen atoms in total. The van der Waals surface area contributed by atoms with Gasteiger partial charge in [-0.1, -0.05) is 52.4 Å². The topological polar surface area (TPSA) is 40.5 Å². The van der Waals surface area contributed by atoms with Crippen molar-refractivity contribution in [2.24, 2.45) is 5.41 Å². The van der Waals surface area contributed by atoms with Crippen LogP contribution in [0.15, 0.2) is 0 Å². The first-order chi connectivity index (χ1) is 8.74. The fourth-order valence-electron chi connectivity index (χ4n) is 2.88. The summed E-state index contributed by atoms with van der Waals surface area (Å²) < 4.78 is 0. The third-order valence-corrected chi connectivity index (χ3v) is 4.13. The van der Waals surface area contributed by atoms with Gasteiger partial charge in [0, 0.05) is 13.2 Å². The Morgan fingerprint density at radius 3 is 1.61 bits per heavy atom. The summed E-state index contributed by atoms with van der Waals surface area (Å²) in [5.74, 6) is 0. The van der Waals surface area contributed by atoms with Crippen LogP contribution in [0.5, 0.6) is 0 Å². The summed E-state index contributed by atoms with van der Waals surface area (Å²) in [7, 11) is 0. The molecular weight excluding hydrogens is 224 g/mol. The lowest BCUT2D eigenvalue weighted by Gasteiger charge is -2.34. The van der Waals surface area contributed by atoms with E-state index in [0.29, 0.717) is 18.6 Å². The van der Waals surface area contributed by atoms with E-state index in [-0.39, 0.29) is 0 Å². The van der Waals surface area contributed by atoms with Gasteiger partial charge in [-0.3, -0.25) is 0 Å². The molecule has 2 heteroatoms. The van der Waals surface area contributed by atoms with Crippen molar-refractivity contribution in [2.45, 2.75) is 84.5 Å². The van der Waals surface area contributed by atoms with Gasteiger partial charge in [-0.15, -0.1) is 0 Å². The Hall–Kier alpha value is -0.0800. The van der Waals surface area contributed by atoms with Gasteiger partial charge in [0.25, 0.3) is 0 Å². The minimum absolute atomic E-state index is 0.316. The predicted molar refractivity (Wildman–Crippen MR) is 78.7 cm³/mol. The molecular formula is C16H34O2. The minimum atomic E-state index is 0.316. The fourth-order valence-corrected chi connectivity index (χ4v) is 2.88. The number of aliphatic hydroxyl groups excluding tert-OH is 2. The van der Waals surface area contributed by atoms with E-state index in [1.165, 1.54) is 51.4 Å². The highest BCUT2D eigenvalue weighted by Gasteiger charge is 2.27. The highest BCUT2D eigenvalue weighted by molar-refractivity contribution is 4.79. The molecule has 0 aliphatic heterocycles. The molecule has 18 heavy (non-hydrogen) atoms. The highest BCUT2D eigenvalue weighted by atomic mass is 16.3. The molecule has 0 saturated heterocycles. The van der Waals surface area contributed by atoms with Crippen molar-refractivity contribution in [1.29, 1.82) is 0 Å². The third-order valence-electron chi connectivity index (χ3n) is 4.13. The Labute approximate surface area is 114 Å². The Morgan fingerprint density at radius 1 is 0.611 bits per heavy atom. The van der Waals surface area contributed by atoms with E-state index in [0.717, 1.165) is 19.3 Å². The standard InChI is InChI=1S/C16H34O2/c1-3-5-10-16(13-15-18,11-6-4-2)12-8-7-9-14-17/h17-18H,3-15H2,1-2H3. The molecule has 0 amide bonds. The summed E-state index contributed by atoms with van der Waals surface area (Å²) in [4.78, 5) is 0.